The number of rotatable bonds is 9. The van der Waals surface area contributed by atoms with E-state index >= 15 is 0 Å². The molecule has 4 nitrogen and oxygen atoms in total. The predicted molar refractivity (Wildman–Crippen MR) is 78.2 cm³/mol. The van der Waals surface area contributed by atoms with Gasteiger partial charge in [-0.15, -0.1) is 24.8 Å². The molecule has 0 unspecified atom stereocenters. The van der Waals surface area contributed by atoms with E-state index in [0.29, 0.717) is 13.0 Å². The average Bonchev–Trinajstić information content (AvgIpc) is 2.25. The number of carbonyl (C=O) groups excluding carboxylic acids is 1. The molecule has 0 rings (SSSR count). The summed E-state index contributed by atoms with van der Waals surface area (Å²) >= 11 is 0. The lowest BCUT2D eigenvalue weighted by molar-refractivity contribution is -0.121. The molecule has 0 heterocycles. The molecule has 0 aromatic heterocycles. The second kappa shape index (κ2) is 16.0. The van der Waals surface area contributed by atoms with E-state index in [1.165, 1.54) is 0 Å². The first-order valence-electron chi connectivity index (χ1n) is 5.93. The van der Waals surface area contributed by atoms with Gasteiger partial charge in [0.2, 0.25) is 5.91 Å². The molecule has 0 atom stereocenters. The number of nitrogens with zero attached hydrogens (tertiary/aromatic N) is 1. The van der Waals surface area contributed by atoms with Gasteiger partial charge in [-0.05, 0) is 32.5 Å². The van der Waals surface area contributed by atoms with Crippen LogP contribution in [0.2, 0.25) is 0 Å². The lowest BCUT2D eigenvalue weighted by Gasteiger charge is -2.19. The van der Waals surface area contributed by atoms with E-state index in [2.05, 4.69) is 24.1 Å². The van der Waals surface area contributed by atoms with Gasteiger partial charge in [-0.2, -0.15) is 0 Å². The van der Waals surface area contributed by atoms with Gasteiger partial charge in [-0.25, -0.2) is 0 Å². The van der Waals surface area contributed by atoms with Crippen molar-refractivity contribution in [1.29, 1.82) is 0 Å². The van der Waals surface area contributed by atoms with Gasteiger partial charge in [0, 0.05) is 19.5 Å². The Morgan fingerprint density at radius 3 is 2.35 bits per heavy atom. The predicted octanol–water partition coefficient (Wildman–Crippen LogP) is 1.42. The van der Waals surface area contributed by atoms with Crippen molar-refractivity contribution in [3.63, 3.8) is 0 Å². The summed E-state index contributed by atoms with van der Waals surface area (Å²) in [5.41, 5.74) is 5.33. The summed E-state index contributed by atoms with van der Waals surface area (Å²) in [7, 11) is 0. The highest BCUT2D eigenvalue weighted by Gasteiger charge is 2.02. The Hall–Kier alpha value is -0.0300. The smallest absolute Gasteiger partial charge is 0.220 e. The number of nitrogens with two attached hydrogens (primary N) is 1. The van der Waals surface area contributed by atoms with Crippen LogP contribution in [-0.2, 0) is 4.79 Å². The van der Waals surface area contributed by atoms with Gasteiger partial charge in [-0.1, -0.05) is 13.8 Å². The minimum Gasteiger partial charge on any atom is -0.355 e. The van der Waals surface area contributed by atoms with Crippen molar-refractivity contribution in [3.05, 3.63) is 0 Å². The number of nitrogens with one attached hydrogen (secondary N) is 1. The maximum atomic E-state index is 11.2. The number of likely N-dealkylation sites (N-methyl/N-ethyl adjacent to an activating group) is 1. The first-order chi connectivity index (χ1) is 7.24. The van der Waals surface area contributed by atoms with Crippen molar-refractivity contribution < 1.29 is 4.79 Å². The van der Waals surface area contributed by atoms with Crippen molar-refractivity contribution in [2.45, 2.75) is 33.1 Å². The molecule has 0 aromatic carbocycles. The van der Waals surface area contributed by atoms with Gasteiger partial charge in [0.05, 0.1) is 0 Å². The zero-order valence-electron chi connectivity index (χ0n) is 10.9. The molecular formula is C11H27Cl2N3O. The summed E-state index contributed by atoms with van der Waals surface area (Å²) in [6.45, 7) is 8.75. The Balaban J connectivity index is -0.000000980. The van der Waals surface area contributed by atoms with E-state index in [1.54, 1.807) is 0 Å². The third-order valence-corrected chi connectivity index (χ3v) is 2.35. The molecule has 3 N–H and O–H groups in total. The number of halogens is 2. The van der Waals surface area contributed by atoms with Crippen LogP contribution in [0, 0.1) is 0 Å². The summed E-state index contributed by atoms with van der Waals surface area (Å²) in [6.07, 6.45) is 2.49. The molecule has 17 heavy (non-hydrogen) atoms. The maximum Gasteiger partial charge on any atom is 0.220 e. The SMILES string of the molecule is CCCN(CC)CCNC(=O)CCCN.Cl.Cl. The van der Waals surface area contributed by atoms with E-state index in [1.807, 2.05) is 0 Å². The fraction of sp³-hybridized carbons (Fsp3) is 0.909. The van der Waals surface area contributed by atoms with Crippen LogP contribution in [0.3, 0.4) is 0 Å². The fourth-order valence-electron chi connectivity index (χ4n) is 1.45. The van der Waals surface area contributed by atoms with Gasteiger partial charge in [0.1, 0.15) is 0 Å². The van der Waals surface area contributed by atoms with Crippen LogP contribution in [0.15, 0.2) is 0 Å². The summed E-state index contributed by atoms with van der Waals surface area (Å²) in [4.78, 5) is 13.6. The lowest BCUT2D eigenvalue weighted by Crippen LogP contribution is -2.35. The standard InChI is InChI=1S/C11H25N3O.2ClH/c1-3-9-14(4-2)10-8-13-11(15)6-5-7-12;;/h3-10,12H2,1-2H3,(H,13,15);2*1H. The van der Waals surface area contributed by atoms with Crippen LogP contribution < -0.4 is 11.1 Å². The van der Waals surface area contributed by atoms with E-state index in [4.69, 9.17) is 5.73 Å². The van der Waals surface area contributed by atoms with Crippen molar-refractivity contribution in [1.82, 2.24) is 10.2 Å². The lowest BCUT2D eigenvalue weighted by atomic mass is 10.3. The summed E-state index contributed by atoms with van der Waals surface area (Å²) in [5.74, 6) is 0.119. The van der Waals surface area contributed by atoms with Crippen molar-refractivity contribution in [2.24, 2.45) is 5.73 Å². The van der Waals surface area contributed by atoms with Crippen LogP contribution in [0.1, 0.15) is 33.1 Å². The Labute approximate surface area is 118 Å². The molecular weight excluding hydrogens is 261 g/mol. The molecule has 0 fully saturated rings. The number of amides is 1. The quantitative estimate of drug-likeness (QED) is 0.674. The van der Waals surface area contributed by atoms with Crippen LogP contribution in [0.25, 0.3) is 0 Å². The topological polar surface area (TPSA) is 58.4 Å². The average molecular weight is 288 g/mol. The monoisotopic (exact) mass is 287 g/mol. The molecule has 6 heteroatoms. The van der Waals surface area contributed by atoms with Crippen molar-refractivity contribution in [2.75, 3.05) is 32.7 Å². The first kappa shape index (κ1) is 22.2. The Morgan fingerprint density at radius 1 is 1.24 bits per heavy atom. The van der Waals surface area contributed by atoms with E-state index in [-0.39, 0.29) is 30.7 Å². The first-order valence-corrected chi connectivity index (χ1v) is 5.93. The number of hydrogen-bond acceptors (Lipinski definition) is 3. The Morgan fingerprint density at radius 2 is 1.88 bits per heavy atom. The van der Waals surface area contributed by atoms with Crippen LogP contribution in [0.5, 0.6) is 0 Å². The van der Waals surface area contributed by atoms with E-state index in [9.17, 15) is 4.79 Å². The molecule has 0 aliphatic carbocycles. The van der Waals surface area contributed by atoms with Crippen LogP contribution >= 0.6 is 24.8 Å². The molecule has 0 aliphatic heterocycles. The van der Waals surface area contributed by atoms with E-state index in [0.717, 1.165) is 39.0 Å². The minimum absolute atomic E-state index is 0. The van der Waals surface area contributed by atoms with Crippen molar-refractivity contribution in [3.8, 4) is 0 Å². The second-order valence-electron chi connectivity index (χ2n) is 3.68. The molecule has 0 aliphatic rings. The highest BCUT2D eigenvalue weighted by atomic mass is 35.5. The van der Waals surface area contributed by atoms with Crippen molar-refractivity contribution >= 4 is 30.7 Å². The molecule has 1 amide bonds. The third-order valence-electron chi connectivity index (χ3n) is 2.35. The third kappa shape index (κ3) is 13.9. The zero-order valence-corrected chi connectivity index (χ0v) is 12.5. The molecule has 0 spiro atoms. The van der Waals surface area contributed by atoms with Crippen LogP contribution in [0.4, 0.5) is 0 Å². The fourth-order valence-corrected chi connectivity index (χ4v) is 1.45. The highest BCUT2D eigenvalue weighted by Crippen LogP contribution is 1.90. The van der Waals surface area contributed by atoms with Gasteiger partial charge >= 0.3 is 0 Å². The Bertz CT molecular complexity index is 171. The van der Waals surface area contributed by atoms with Gasteiger partial charge in [0.25, 0.3) is 0 Å². The second-order valence-corrected chi connectivity index (χ2v) is 3.68. The van der Waals surface area contributed by atoms with Gasteiger partial charge in [0.15, 0.2) is 0 Å². The van der Waals surface area contributed by atoms with Crippen LogP contribution in [-0.4, -0.2) is 43.5 Å². The summed E-state index contributed by atoms with van der Waals surface area (Å²) < 4.78 is 0. The molecule has 106 valence electrons. The zero-order chi connectivity index (χ0) is 11.5. The molecule has 0 radical (unpaired) electrons. The molecule has 0 saturated heterocycles. The number of hydrogen-bond donors (Lipinski definition) is 2. The molecule has 0 saturated carbocycles. The summed E-state index contributed by atoms with van der Waals surface area (Å²) in [6, 6.07) is 0. The Kier molecular flexibility index (Phi) is 20.8. The van der Waals surface area contributed by atoms with Gasteiger partial charge in [-0.3, -0.25) is 4.79 Å². The normalized spacial score (nSPS) is 9.41. The largest absolute Gasteiger partial charge is 0.355 e. The minimum atomic E-state index is 0. The van der Waals surface area contributed by atoms with Gasteiger partial charge < -0.3 is 16.0 Å². The summed E-state index contributed by atoms with van der Waals surface area (Å²) in [5, 5.41) is 2.90. The molecule has 0 aromatic rings. The maximum absolute atomic E-state index is 11.2. The van der Waals surface area contributed by atoms with E-state index < -0.39 is 0 Å². The molecule has 0 bridgehead atoms. The highest BCUT2D eigenvalue weighted by molar-refractivity contribution is 5.85. The number of carbonyl (C=O) groups is 1.